The number of nitrogens with two attached hydrogens (primary N) is 1. The Balaban J connectivity index is 0.000000276. The third-order valence-electron chi connectivity index (χ3n) is 5.65. The maximum Gasteiger partial charge on any atom is 0.258 e. The molecular formula is C23H32F2N10O. The molecule has 1 aliphatic carbocycles. The summed E-state index contributed by atoms with van der Waals surface area (Å²) in [6, 6.07) is 5.24. The number of carbonyl (C=O) groups is 1. The minimum Gasteiger partial charge on any atom is -0.371 e. The van der Waals surface area contributed by atoms with Gasteiger partial charge in [-0.15, -0.1) is 10.2 Å². The number of halogens is 2. The van der Waals surface area contributed by atoms with Crippen LogP contribution in [0.2, 0.25) is 0 Å². The third kappa shape index (κ3) is 5.83. The van der Waals surface area contributed by atoms with E-state index in [2.05, 4.69) is 42.9 Å². The maximum atomic E-state index is 12.7. The van der Waals surface area contributed by atoms with Gasteiger partial charge in [-0.3, -0.25) is 4.79 Å². The average molecular weight is 503 g/mol. The Morgan fingerprint density at radius 2 is 1.94 bits per heavy atom. The molecule has 1 amide bonds. The van der Waals surface area contributed by atoms with Crippen LogP contribution < -0.4 is 16.4 Å². The van der Waals surface area contributed by atoms with Crippen LogP contribution in [-0.4, -0.2) is 59.5 Å². The Labute approximate surface area is 207 Å². The summed E-state index contributed by atoms with van der Waals surface area (Å²) < 4.78 is 28.1. The minimum absolute atomic E-state index is 0.0946. The number of fused-ring (bicyclic) bond motifs is 2. The smallest absolute Gasteiger partial charge is 0.258 e. The summed E-state index contributed by atoms with van der Waals surface area (Å²) >= 11 is 0. The monoisotopic (exact) mass is 502 g/mol. The van der Waals surface area contributed by atoms with Crippen LogP contribution in [0.5, 0.6) is 0 Å². The topological polar surface area (TPSA) is 141 Å². The van der Waals surface area contributed by atoms with Crippen molar-refractivity contribution in [1.82, 2.24) is 39.9 Å². The molecule has 1 fully saturated rings. The number of hydrogen-bond donors (Lipinski definition) is 3. The van der Waals surface area contributed by atoms with E-state index in [4.69, 9.17) is 5.73 Å². The van der Waals surface area contributed by atoms with E-state index < -0.39 is 13.0 Å². The highest BCUT2D eigenvalue weighted by molar-refractivity contribution is 5.89. The molecule has 0 unspecified atom stereocenters. The van der Waals surface area contributed by atoms with Gasteiger partial charge in [-0.25, -0.2) is 23.0 Å². The van der Waals surface area contributed by atoms with Crippen molar-refractivity contribution in [3.8, 4) is 11.3 Å². The summed E-state index contributed by atoms with van der Waals surface area (Å²) in [4.78, 5) is 19.2. The second kappa shape index (κ2) is 11.2. The van der Waals surface area contributed by atoms with Gasteiger partial charge in [0.2, 0.25) is 11.9 Å². The summed E-state index contributed by atoms with van der Waals surface area (Å²) in [6.45, 7) is 7.10. The molecule has 194 valence electrons. The molecule has 36 heavy (non-hydrogen) atoms. The van der Waals surface area contributed by atoms with Gasteiger partial charge in [0.15, 0.2) is 11.5 Å². The average Bonchev–Trinajstić information content (AvgIpc) is 3.42. The second-order valence-corrected chi connectivity index (χ2v) is 8.39. The molecule has 1 saturated carbocycles. The number of hydrogen-bond acceptors (Lipinski definition) is 8. The minimum atomic E-state index is -2.54. The van der Waals surface area contributed by atoms with E-state index in [1.807, 2.05) is 13.8 Å². The van der Waals surface area contributed by atoms with Crippen molar-refractivity contribution in [2.75, 3.05) is 18.1 Å². The van der Waals surface area contributed by atoms with Gasteiger partial charge >= 0.3 is 0 Å². The Morgan fingerprint density at radius 3 is 2.50 bits per heavy atom. The van der Waals surface area contributed by atoms with Crippen LogP contribution in [-0.2, 0) is 11.3 Å². The number of rotatable bonds is 5. The van der Waals surface area contributed by atoms with Gasteiger partial charge in [-0.1, -0.05) is 19.1 Å². The van der Waals surface area contributed by atoms with Gasteiger partial charge in [0.05, 0.1) is 5.69 Å². The quantitative estimate of drug-likeness (QED) is 0.376. The lowest BCUT2D eigenvalue weighted by Crippen LogP contribution is -2.50. The molecule has 0 bridgehead atoms. The fourth-order valence-corrected chi connectivity index (χ4v) is 3.94. The van der Waals surface area contributed by atoms with Crippen LogP contribution in [0.1, 0.15) is 47.0 Å². The zero-order chi connectivity index (χ0) is 26.5. The number of amides is 1. The summed E-state index contributed by atoms with van der Waals surface area (Å²) in [5, 5.41) is 17.6. The molecule has 0 atom stereocenters. The molecular weight excluding hydrogens is 470 g/mol. The highest BCUT2D eigenvalue weighted by Crippen LogP contribution is 2.31. The molecule has 13 heteroatoms. The lowest BCUT2D eigenvalue weighted by Gasteiger charge is -2.38. The molecule has 0 aromatic carbocycles. The van der Waals surface area contributed by atoms with E-state index in [0.29, 0.717) is 28.2 Å². The summed E-state index contributed by atoms with van der Waals surface area (Å²) in [5.41, 5.74) is 8.54. The van der Waals surface area contributed by atoms with Crippen LogP contribution in [0.15, 0.2) is 24.4 Å². The highest BCUT2D eigenvalue weighted by atomic mass is 19.3. The largest absolute Gasteiger partial charge is 0.371 e. The van der Waals surface area contributed by atoms with E-state index in [1.165, 1.54) is 6.42 Å². The second-order valence-electron chi connectivity index (χ2n) is 8.39. The molecule has 0 aliphatic heterocycles. The van der Waals surface area contributed by atoms with Crippen molar-refractivity contribution in [3.05, 3.63) is 24.4 Å². The molecule has 4 heterocycles. The molecule has 0 saturated heterocycles. The maximum absolute atomic E-state index is 12.7. The first kappa shape index (κ1) is 26.7. The van der Waals surface area contributed by atoms with Crippen LogP contribution in [0, 0.1) is 0 Å². The van der Waals surface area contributed by atoms with E-state index in [0.717, 1.165) is 23.1 Å². The van der Waals surface area contributed by atoms with Gasteiger partial charge in [-0.05, 0) is 44.4 Å². The van der Waals surface area contributed by atoms with Gasteiger partial charge in [0.25, 0.3) is 6.43 Å². The van der Waals surface area contributed by atoms with Gasteiger partial charge in [-0.2, -0.15) is 4.98 Å². The highest BCUT2D eigenvalue weighted by Gasteiger charge is 2.31. The molecule has 5 rings (SSSR count). The van der Waals surface area contributed by atoms with E-state index >= 15 is 0 Å². The molecule has 0 radical (unpaired) electrons. The Kier molecular flexibility index (Phi) is 8.33. The van der Waals surface area contributed by atoms with E-state index in [-0.39, 0.29) is 17.4 Å². The van der Waals surface area contributed by atoms with Crippen LogP contribution in [0.4, 0.5) is 20.5 Å². The van der Waals surface area contributed by atoms with E-state index in [1.54, 1.807) is 42.9 Å². The SMILES string of the molecule is CC.CC(=O)NC1(C)CCC1.CNc1nc(N)nn2ccc(-c3ccc4nnn(CC(F)F)c4n3)c12. The summed E-state index contributed by atoms with van der Waals surface area (Å²) in [5.74, 6) is 0.757. The molecule has 4 N–H and O–H groups in total. The number of carbonyl (C=O) groups excluding carboxylic acids is 1. The summed E-state index contributed by atoms with van der Waals surface area (Å²) in [6.07, 6.45) is 2.73. The lowest BCUT2D eigenvalue weighted by atomic mass is 9.78. The number of nitrogens with zero attached hydrogens (tertiary/aromatic N) is 7. The first-order chi connectivity index (χ1) is 17.2. The predicted octanol–water partition coefficient (Wildman–Crippen LogP) is 3.52. The van der Waals surface area contributed by atoms with Crippen molar-refractivity contribution in [2.45, 2.75) is 65.5 Å². The number of aromatic nitrogens is 7. The van der Waals surface area contributed by atoms with Crippen molar-refractivity contribution in [1.29, 1.82) is 0 Å². The number of nitrogen functional groups attached to an aromatic ring is 1. The zero-order valence-electron chi connectivity index (χ0n) is 21.1. The first-order valence-corrected chi connectivity index (χ1v) is 11.8. The van der Waals surface area contributed by atoms with Crippen LogP contribution >= 0.6 is 0 Å². The number of nitrogens with one attached hydrogen (secondary N) is 2. The lowest BCUT2D eigenvalue weighted by molar-refractivity contribution is -0.121. The Hall–Kier alpha value is -3.90. The Bertz CT molecular complexity index is 1330. The standard InChI is InChI=1S/C14H13F2N9.C7H13NO.C2H6/c1-18-12-11-7(4-5-24(11)22-14(17)20-12)8-2-3-9-13(19-8)25(23-21-9)6-10(15)16;1-6(9)8-7(2)4-3-5-7;1-2/h2-5,10H,6H2,1H3,(H3,17,18,20,22);3-5H2,1-2H3,(H,8,9);1-2H3. The molecule has 4 aromatic heterocycles. The number of alkyl halides is 2. The van der Waals surface area contributed by atoms with Gasteiger partial charge in [0, 0.05) is 31.3 Å². The number of pyridine rings is 1. The molecule has 11 nitrogen and oxygen atoms in total. The van der Waals surface area contributed by atoms with Crippen molar-refractivity contribution in [3.63, 3.8) is 0 Å². The van der Waals surface area contributed by atoms with Crippen LogP contribution in [0.3, 0.4) is 0 Å². The fourth-order valence-electron chi connectivity index (χ4n) is 3.94. The molecule has 4 aromatic rings. The first-order valence-electron chi connectivity index (χ1n) is 11.8. The zero-order valence-corrected chi connectivity index (χ0v) is 21.1. The van der Waals surface area contributed by atoms with Crippen molar-refractivity contribution < 1.29 is 13.6 Å². The van der Waals surface area contributed by atoms with Gasteiger partial charge < -0.3 is 16.4 Å². The Morgan fingerprint density at radius 1 is 1.22 bits per heavy atom. The molecule has 1 aliphatic rings. The predicted molar refractivity (Wildman–Crippen MR) is 135 cm³/mol. The fraction of sp³-hybridized carbons (Fsp3) is 0.478. The summed E-state index contributed by atoms with van der Waals surface area (Å²) in [7, 11) is 1.72. The van der Waals surface area contributed by atoms with E-state index in [9.17, 15) is 13.6 Å². The third-order valence-corrected chi connectivity index (χ3v) is 5.65. The van der Waals surface area contributed by atoms with Crippen molar-refractivity contribution >= 4 is 34.4 Å². The normalized spacial score (nSPS) is 13.9. The van der Waals surface area contributed by atoms with Gasteiger partial charge in [0.1, 0.15) is 17.6 Å². The van der Waals surface area contributed by atoms with Crippen LogP contribution in [0.25, 0.3) is 27.9 Å². The van der Waals surface area contributed by atoms with Crippen molar-refractivity contribution in [2.24, 2.45) is 0 Å². The molecule has 0 spiro atoms. The number of anilines is 2.